The lowest BCUT2D eigenvalue weighted by Gasteiger charge is -2.27. The van der Waals surface area contributed by atoms with Gasteiger partial charge in [-0.25, -0.2) is 0 Å². The van der Waals surface area contributed by atoms with Crippen LogP contribution in [0, 0.1) is 0 Å². The number of benzene rings is 6. The van der Waals surface area contributed by atoms with Crippen molar-refractivity contribution in [1.82, 2.24) is 0 Å². The van der Waals surface area contributed by atoms with Gasteiger partial charge >= 0.3 is 8.56 Å². The third-order valence-electron chi connectivity index (χ3n) is 8.06. The number of hydrogen-bond acceptors (Lipinski definition) is 4. The highest BCUT2D eigenvalue weighted by molar-refractivity contribution is 6.79. The molecule has 0 saturated heterocycles. The first-order valence-corrected chi connectivity index (χ1v) is 17.1. The molecular weight excluding hydrogens is 557 g/mol. The van der Waals surface area contributed by atoms with E-state index in [9.17, 15) is 0 Å². The van der Waals surface area contributed by atoms with Gasteiger partial charge in [-0.1, -0.05) is 91.0 Å². The fourth-order valence-corrected chi connectivity index (χ4v) is 6.87. The van der Waals surface area contributed by atoms with E-state index in [1.807, 2.05) is 18.2 Å². The van der Waals surface area contributed by atoms with E-state index in [1.165, 1.54) is 5.56 Å². The summed E-state index contributed by atoms with van der Waals surface area (Å²) in [6.45, 7) is 2.06. The Morgan fingerprint density at radius 3 is 0.932 bits per heavy atom. The lowest BCUT2D eigenvalue weighted by molar-refractivity contribution is 0.265. The molecule has 0 spiro atoms. The Morgan fingerprint density at radius 1 is 0.364 bits per heavy atom. The molecule has 0 aliphatic carbocycles. The first-order chi connectivity index (χ1) is 21.6. The summed E-state index contributed by atoms with van der Waals surface area (Å²) in [6.07, 6.45) is 0. The van der Waals surface area contributed by atoms with Gasteiger partial charge in [-0.2, -0.15) is 0 Å². The molecule has 0 unspecified atom stereocenters. The van der Waals surface area contributed by atoms with Gasteiger partial charge in [0.25, 0.3) is 0 Å². The van der Waals surface area contributed by atoms with E-state index in [0.717, 1.165) is 44.9 Å². The van der Waals surface area contributed by atoms with Gasteiger partial charge in [0.05, 0.1) is 0 Å². The van der Waals surface area contributed by atoms with E-state index in [1.54, 1.807) is 14.2 Å². The van der Waals surface area contributed by atoms with Crippen molar-refractivity contribution in [2.24, 2.45) is 0 Å². The van der Waals surface area contributed by atoms with Crippen molar-refractivity contribution in [2.75, 3.05) is 24.0 Å². The molecule has 0 atom stereocenters. The van der Waals surface area contributed by atoms with Gasteiger partial charge in [0, 0.05) is 48.3 Å². The quantitative estimate of drug-likeness (QED) is 0.148. The Balaban J connectivity index is 1.30. The number of nitrogens with zero attached hydrogens (tertiary/aromatic N) is 2. The van der Waals surface area contributed by atoms with Crippen LogP contribution in [-0.4, -0.2) is 22.8 Å². The van der Waals surface area contributed by atoms with Crippen LogP contribution in [0.2, 0.25) is 6.55 Å². The molecular formula is C39H36N2O2Si. The highest BCUT2D eigenvalue weighted by Gasteiger charge is 2.31. The third kappa shape index (κ3) is 6.07. The van der Waals surface area contributed by atoms with Crippen molar-refractivity contribution in [1.29, 1.82) is 0 Å². The van der Waals surface area contributed by atoms with Crippen LogP contribution in [0.4, 0.5) is 34.1 Å². The molecule has 0 aliphatic heterocycles. The molecule has 44 heavy (non-hydrogen) atoms. The molecule has 6 rings (SSSR count). The molecule has 0 bridgehead atoms. The standard InChI is InChI=1S/C39H36N2O2Si/c1-42-44(3,43-2)39-29-27-38(28-30-39)41(35-17-11-6-12-18-35)37-25-21-32(22-26-37)31-19-23-36(24-20-31)40(33-13-7-4-8-14-33)34-15-9-5-10-16-34/h4-30H,1-3H3. The lowest BCUT2D eigenvalue weighted by Crippen LogP contribution is -2.49. The lowest BCUT2D eigenvalue weighted by atomic mass is 10.0. The van der Waals surface area contributed by atoms with Gasteiger partial charge < -0.3 is 18.7 Å². The van der Waals surface area contributed by atoms with Crippen molar-refractivity contribution < 1.29 is 8.85 Å². The van der Waals surface area contributed by atoms with E-state index in [-0.39, 0.29) is 0 Å². The highest BCUT2D eigenvalue weighted by Crippen LogP contribution is 2.37. The van der Waals surface area contributed by atoms with Crippen LogP contribution >= 0.6 is 0 Å². The monoisotopic (exact) mass is 592 g/mol. The van der Waals surface area contributed by atoms with Crippen molar-refractivity contribution >= 4 is 47.9 Å². The third-order valence-corrected chi connectivity index (χ3v) is 11.0. The van der Waals surface area contributed by atoms with Gasteiger partial charge in [-0.15, -0.1) is 0 Å². The molecule has 0 N–H and O–H groups in total. The van der Waals surface area contributed by atoms with Gasteiger partial charge in [0.15, 0.2) is 0 Å². The number of para-hydroxylation sites is 3. The minimum atomic E-state index is -2.41. The molecule has 0 radical (unpaired) electrons. The van der Waals surface area contributed by atoms with Crippen molar-refractivity contribution in [2.45, 2.75) is 6.55 Å². The summed E-state index contributed by atoms with van der Waals surface area (Å²) in [7, 11) is 1.03. The minimum absolute atomic E-state index is 1.07. The number of hydrogen-bond donors (Lipinski definition) is 0. The maximum absolute atomic E-state index is 5.76. The average Bonchev–Trinajstić information content (AvgIpc) is 3.10. The van der Waals surface area contributed by atoms with Crippen LogP contribution in [0.15, 0.2) is 164 Å². The molecule has 0 aromatic heterocycles. The first-order valence-electron chi connectivity index (χ1n) is 14.8. The topological polar surface area (TPSA) is 24.9 Å². The number of anilines is 6. The molecule has 0 amide bonds. The van der Waals surface area contributed by atoms with E-state index in [4.69, 9.17) is 8.85 Å². The molecule has 5 heteroatoms. The SMILES string of the molecule is CO[Si](C)(OC)c1ccc(N(c2ccccc2)c2ccc(-c3ccc(N(c4ccccc4)c4ccccc4)cc3)cc2)cc1. The van der Waals surface area contributed by atoms with E-state index in [0.29, 0.717) is 0 Å². The largest absolute Gasteiger partial charge is 0.394 e. The zero-order chi connectivity index (χ0) is 30.4. The molecule has 6 aromatic rings. The van der Waals surface area contributed by atoms with Crippen LogP contribution in [0.25, 0.3) is 11.1 Å². The predicted molar refractivity (Wildman–Crippen MR) is 187 cm³/mol. The minimum Gasteiger partial charge on any atom is -0.394 e. The fourth-order valence-electron chi connectivity index (χ4n) is 5.46. The van der Waals surface area contributed by atoms with Crippen molar-refractivity contribution in [3.8, 4) is 11.1 Å². The molecule has 0 aliphatic rings. The molecule has 218 valence electrons. The summed E-state index contributed by atoms with van der Waals surface area (Å²) in [5.74, 6) is 0. The van der Waals surface area contributed by atoms with Crippen LogP contribution < -0.4 is 15.0 Å². The van der Waals surface area contributed by atoms with Crippen LogP contribution in [0.3, 0.4) is 0 Å². The van der Waals surface area contributed by atoms with Crippen LogP contribution in [0.1, 0.15) is 0 Å². The Morgan fingerprint density at radius 2 is 0.636 bits per heavy atom. The summed E-state index contributed by atoms with van der Waals surface area (Å²) in [5, 5.41) is 1.09. The van der Waals surface area contributed by atoms with Crippen LogP contribution in [0.5, 0.6) is 0 Å². The summed E-state index contributed by atoms with van der Waals surface area (Å²) in [4.78, 5) is 4.55. The summed E-state index contributed by atoms with van der Waals surface area (Å²) in [5.41, 5.74) is 8.95. The van der Waals surface area contributed by atoms with E-state index in [2.05, 4.69) is 162 Å². The number of rotatable bonds is 10. The maximum Gasteiger partial charge on any atom is 0.368 e. The van der Waals surface area contributed by atoms with Crippen molar-refractivity contribution in [3.63, 3.8) is 0 Å². The molecule has 6 aromatic carbocycles. The zero-order valence-electron chi connectivity index (χ0n) is 25.3. The second kappa shape index (κ2) is 13.1. The zero-order valence-corrected chi connectivity index (χ0v) is 26.3. The average molecular weight is 593 g/mol. The molecule has 0 saturated carbocycles. The second-order valence-electron chi connectivity index (χ2n) is 10.7. The van der Waals surface area contributed by atoms with Gasteiger partial charge in [0.2, 0.25) is 0 Å². The Bertz CT molecular complexity index is 1720. The fraction of sp³-hybridized carbons (Fsp3) is 0.0769. The predicted octanol–water partition coefficient (Wildman–Crippen LogP) is 9.86. The van der Waals surface area contributed by atoms with E-state index >= 15 is 0 Å². The molecule has 4 nitrogen and oxygen atoms in total. The Kier molecular flexibility index (Phi) is 8.71. The Labute approximate surface area is 261 Å². The Hall–Kier alpha value is -4.94. The van der Waals surface area contributed by atoms with Crippen molar-refractivity contribution in [3.05, 3.63) is 164 Å². The molecule has 0 fully saturated rings. The summed E-state index contributed by atoms with van der Waals surface area (Å²) < 4.78 is 11.5. The summed E-state index contributed by atoms with van der Waals surface area (Å²) in [6, 6.07) is 57.5. The smallest absolute Gasteiger partial charge is 0.368 e. The van der Waals surface area contributed by atoms with Gasteiger partial charge in [-0.05, 0) is 95.7 Å². The van der Waals surface area contributed by atoms with Gasteiger partial charge in [-0.3, -0.25) is 0 Å². The molecule has 0 heterocycles. The van der Waals surface area contributed by atoms with Crippen LogP contribution in [-0.2, 0) is 8.85 Å². The summed E-state index contributed by atoms with van der Waals surface area (Å²) >= 11 is 0. The highest BCUT2D eigenvalue weighted by atomic mass is 28.4. The van der Waals surface area contributed by atoms with E-state index < -0.39 is 8.56 Å². The normalized spacial score (nSPS) is 11.2. The van der Waals surface area contributed by atoms with Gasteiger partial charge in [0.1, 0.15) is 0 Å². The first kappa shape index (κ1) is 29.1. The maximum atomic E-state index is 5.76. The second-order valence-corrected chi connectivity index (χ2v) is 14.0.